The molecule has 1 aliphatic rings. The first-order valence-electron chi connectivity index (χ1n) is 10.6. The normalized spacial score (nSPS) is 16.0. The predicted octanol–water partition coefficient (Wildman–Crippen LogP) is 3.01. The summed E-state index contributed by atoms with van der Waals surface area (Å²) in [5.74, 6) is -2.61. The van der Waals surface area contributed by atoms with Crippen LogP contribution in [0.25, 0.3) is 11.0 Å². The third-order valence-corrected chi connectivity index (χ3v) is 5.44. The van der Waals surface area contributed by atoms with Gasteiger partial charge in [-0.25, -0.2) is 9.59 Å². The molecule has 0 radical (unpaired) electrons. The summed E-state index contributed by atoms with van der Waals surface area (Å²) in [6.07, 6.45) is -1.75. The number of piperidine rings is 1. The Bertz CT molecular complexity index is 1160. The van der Waals surface area contributed by atoms with E-state index < -0.39 is 12.1 Å². The lowest BCUT2D eigenvalue weighted by atomic mass is 10.0. The first kappa shape index (κ1) is 25.1. The van der Waals surface area contributed by atoms with E-state index in [1.807, 2.05) is 35.8 Å². The number of aliphatic carboxylic acids is 1. The van der Waals surface area contributed by atoms with Crippen molar-refractivity contribution in [2.45, 2.75) is 38.0 Å². The molecule has 1 amide bonds. The summed E-state index contributed by atoms with van der Waals surface area (Å²) in [5.41, 5.74) is 1.83. The second kappa shape index (κ2) is 10.6. The molecule has 0 unspecified atom stereocenters. The topological polar surface area (TPSA) is 121 Å². The number of imidazole rings is 1. The lowest BCUT2D eigenvalue weighted by Gasteiger charge is -2.34. The fourth-order valence-corrected chi connectivity index (χ4v) is 3.93. The monoisotopic (exact) mass is 482 g/mol. The SMILES string of the molecule is C[C@@H](CN1CCC(n2c(=O)[nH]c3ccccc32)CC1)NC(=O)c1ccco1.O=C(O)C(F)(F)F. The number of likely N-dealkylation sites (tertiary alicyclic amines) is 1. The number of carboxylic acids is 1. The number of para-hydroxylation sites is 2. The molecule has 0 saturated carbocycles. The number of benzene rings is 1. The molecule has 0 aliphatic carbocycles. The average Bonchev–Trinajstić information content (AvgIpc) is 3.41. The smallest absolute Gasteiger partial charge is 0.475 e. The van der Waals surface area contributed by atoms with Crippen molar-refractivity contribution in [1.82, 2.24) is 19.8 Å². The highest BCUT2D eigenvalue weighted by atomic mass is 19.4. The van der Waals surface area contributed by atoms with E-state index in [1.54, 1.807) is 12.1 Å². The van der Waals surface area contributed by atoms with Crippen LogP contribution in [0.15, 0.2) is 51.9 Å². The van der Waals surface area contributed by atoms with Crippen LogP contribution in [0.3, 0.4) is 0 Å². The van der Waals surface area contributed by atoms with Gasteiger partial charge < -0.3 is 24.7 Å². The number of nitrogens with zero attached hydrogens (tertiary/aromatic N) is 2. The quantitative estimate of drug-likeness (QED) is 0.514. The van der Waals surface area contributed by atoms with Gasteiger partial charge in [0.2, 0.25) is 0 Å². The van der Waals surface area contributed by atoms with Gasteiger partial charge in [-0.1, -0.05) is 12.1 Å². The molecule has 184 valence electrons. The van der Waals surface area contributed by atoms with Gasteiger partial charge in [0.25, 0.3) is 5.91 Å². The second-order valence-corrected chi connectivity index (χ2v) is 8.00. The summed E-state index contributed by atoms with van der Waals surface area (Å²) in [4.78, 5) is 38.6. The van der Waals surface area contributed by atoms with Crippen molar-refractivity contribution in [2.75, 3.05) is 19.6 Å². The molecule has 1 fully saturated rings. The Morgan fingerprint density at radius 3 is 2.44 bits per heavy atom. The minimum Gasteiger partial charge on any atom is -0.475 e. The summed E-state index contributed by atoms with van der Waals surface area (Å²) in [5, 5.41) is 10.1. The van der Waals surface area contributed by atoms with E-state index in [2.05, 4.69) is 15.2 Å². The zero-order chi connectivity index (χ0) is 24.9. The highest BCUT2D eigenvalue weighted by Gasteiger charge is 2.38. The summed E-state index contributed by atoms with van der Waals surface area (Å²) in [6.45, 7) is 4.58. The Balaban J connectivity index is 0.000000406. The number of carbonyl (C=O) groups is 2. The first-order chi connectivity index (χ1) is 16.1. The van der Waals surface area contributed by atoms with E-state index in [0.717, 1.165) is 43.5 Å². The van der Waals surface area contributed by atoms with Crippen molar-refractivity contribution < 1.29 is 32.3 Å². The lowest BCUT2D eigenvalue weighted by molar-refractivity contribution is -0.192. The fourth-order valence-electron chi connectivity index (χ4n) is 3.93. The fraction of sp³-hybridized carbons (Fsp3) is 0.409. The number of rotatable bonds is 5. The van der Waals surface area contributed by atoms with Crippen LogP contribution >= 0.6 is 0 Å². The van der Waals surface area contributed by atoms with Crippen molar-refractivity contribution in [3.63, 3.8) is 0 Å². The van der Waals surface area contributed by atoms with E-state index in [4.69, 9.17) is 14.3 Å². The van der Waals surface area contributed by atoms with Crippen molar-refractivity contribution >= 4 is 22.9 Å². The van der Waals surface area contributed by atoms with Gasteiger partial charge in [0.05, 0.1) is 17.3 Å². The summed E-state index contributed by atoms with van der Waals surface area (Å²) in [7, 11) is 0. The van der Waals surface area contributed by atoms with Crippen LogP contribution in [0.2, 0.25) is 0 Å². The first-order valence-corrected chi connectivity index (χ1v) is 10.6. The molecule has 0 bridgehead atoms. The molecule has 1 atom stereocenters. The lowest BCUT2D eigenvalue weighted by Crippen LogP contribution is -2.45. The molecule has 0 spiro atoms. The van der Waals surface area contributed by atoms with Gasteiger partial charge in [-0.3, -0.25) is 9.36 Å². The molecule has 4 rings (SSSR count). The van der Waals surface area contributed by atoms with Gasteiger partial charge in [-0.05, 0) is 44.0 Å². The highest BCUT2D eigenvalue weighted by molar-refractivity contribution is 5.91. The van der Waals surface area contributed by atoms with Crippen LogP contribution in [-0.4, -0.2) is 63.3 Å². The Kier molecular flexibility index (Phi) is 7.82. The number of aromatic amines is 1. The predicted molar refractivity (Wildman–Crippen MR) is 117 cm³/mol. The molecule has 1 aliphatic heterocycles. The van der Waals surface area contributed by atoms with E-state index in [-0.39, 0.29) is 23.7 Å². The zero-order valence-corrected chi connectivity index (χ0v) is 18.3. The number of hydrogen-bond donors (Lipinski definition) is 3. The molecule has 1 saturated heterocycles. The van der Waals surface area contributed by atoms with Crippen molar-refractivity contribution in [3.8, 4) is 0 Å². The van der Waals surface area contributed by atoms with E-state index in [0.29, 0.717) is 5.76 Å². The number of carbonyl (C=O) groups excluding carboxylic acids is 1. The van der Waals surface area contributed by atoms with E-state index >= 15 is 0 Å². The summed E-state index contributed by atoms with van der Waals surface area (Å²) >= 11 is 0. The maximum absolute atomic E-state index is 12.4. The number of aromatic nitrogens is 2. The van der Waals surface area contributed by atoms with Crippen LogP contribution in [0.5, 0.6) is 0 Å². The van der Waals surface area contributed by atoms with Crippen molar-refractivity contribution in [3.05, 3.63) is 58.9 Å². The highest BCUT2D eigenvalue weighted by Crippen LogP contribution is 2.24. The molecule has 3 aromatic rings. The molecule has 1 aromatic carbocycles. The number of nitrogens with one attached hydrogen (secondary N) is 2. The van der Waals surface area contributed by atoms with Crippen LogP contribution in [0, 0.1) is 0 Å². The molecular weight excluding hydrogens is 457 g/mol. The van der Waals surface area contributed by atoms with Gasteiger partial charge >= 0.3 is 17.8 Å². The Morgan fingerprint density at radius 1 is 1.21 bits per heavy atom. The van der Waals surface area contributed by atoms with Crippen LogP contribution in [0.1, 0.15) is 36.4 Å². The maximum atomic E-state index is 12.4. The summed E-state index contributed by atoms with van der Waals surface area (Å²) < 4.78 is 38.8. The minimum absolute atomic E-state index is 0.0231. The van der Waals surface area contributed by atoms with Gasteiger partial charge in [-0.15, -0.1) is 0 Å². The molecule has 2 aromatic heterocycles. The standard InChI is InChI=1S/C20H24N4O3.C2HF3O2/c1-14(21-19(25)18-7-4-12-27-18)13-23-10-8-15(9-11-23)24-17-6-3-2-5-16(17)22-20(24)26;3-2(4,5)1(6)7/h2-7,12,14-15H,8-11,13H2,1H3,(H,21,25)(H,22,26);(H,6,7)/t14-;/m0./s1. The van der Waals surface area contributed by atoms with Crippen molar-refractivity contribution in [1.29, 1.82) is 0 Å². The number of hydrogen-bond acceptors (Lipinski definition) is 5. The number of H-pyrrole nitrogens is 1. The molecule has 12 heteroatoms. The second-order valence-electron chi connectivity index (χ2n) is 8.00. The van der Waals surface area contributed by atoms with Crippen LogP contribution < -0.4 is 11.0 Å². The zero-order valence-electron chi connectivity index (χ0n) is 18.3. The number of fused-ring (bicyclic) bond motifs is 1. The number of halogens is 3. The van der Waals surface area contributed by atoms with E-state index in [9.17, 15) is 22.8 Å². The number of alkyl halides is 3. The molecule has 9 nitrogen and oxygen atoms in total. The molecule has 34 heavy (non-hydrogen) atoms. The third-order valence-electron chi connectivity index (χ3n) is 5.44. The van der Waals surface area contributed by atoms with Gasteiger partial charge in [-0.2, -0.15) is 13.2 Å². The number of carboxylic acid groups (broad SMARTS) is 1. The Labute approximate surface area is 192 Å². The van der Waals surface area contributed by atoms with Crippen LogP contribution in [0.4, 0.5) is 13.2 Å². The molecule has 3 N–H and O–H groups in total. The van der Waals surface area contributed by atoms with E-state index in [1.165, 1.54) is 6.26 Å². The maximum Gasteiger partial charge on any atom is 0.490 e. The van der Waals surface area contributed by atoms with Crippen LogP contribution in [-0.2, 0) is 4.79 Å². The average molecular weight is 482 g/mol. The van der Waals surface area contributed by atoms with Gasteiger partial charge in [0.1, 0.15) is 0 Å². The minimum atomic E-state index is -5.08. The van der Waals surface area contributed by atoms with Gasteiger partial charge in [0.15, 0.2) is 5.76 Å². The number of amides is 1. The van der Waals surface area contributed by atoms with Gasteiger partial charge in [0, 0.05) is 31.7 Å². The molecular formula is C22H25F3N4O5. The van der Waals surface area contributed by atoms with Crippen molar-refractivity contribution in [2.24, 2.45) is 0 Å². The molecule has 3 heterocycles. The Hall–Kier alpha value is -3.54. The third kappa shape index (κ3) is 6.28. The number of furan rings is 1. The Morgan fingerprint density at radius 2 is 1.85 bits per heavy atom. The summed E-state index contributed by atoms with van der Waals surface area (Å²) in [6, 6.07) is 11.4. The largest absolute Gasteiger partial charge is 0.490 e.